The zero-order valence-electron chi connectivity index (χ0n) is 24.5. The van der Waals surface area contributed by atoms with Crippen molar-refractivity contribution in [2.45, 2.75) is 0 Å². The van der Waals surface area contributed by atoms with Gasteiger partial charge in [-0.3, -0.25) is 0 Å². The molecule has 0 fully saturated rings. The maximum absolute atomic E-state index is 8.57. The summed E-state index contributed by atoms with van der Waals surface area (Å²) in [7, 11) is 0. The molecule has 7 aromatic rings. The smallest absolute Gasteiger partial charge is 0.164 e. The van der Waals surface area contributed by atoms with Crippen LogP contribution in [-0.2, 0) is 0 Å². The van der Waals surface area contributed by atoms with Crippen LogP contribution >= 0.6 is 0 Å². The van der Waals surface area contributed by atoms with E-state index in [-0.39, 0.29) is 23.5 Å². The Kier molecular flexibility index (Phi) is 3.96. The van der Waals surface area contributed by atoms with Gasteiger partial charge < -0.3 is 4.42 Å². The Bertz CT molecular complexity index is 2120. The highest BCUT2D eigenvalue weighted by atomic mass is 16.3. The van der Waals surface area contributed by atoms with Gasteiger partial charge in [-0.25, -0.2) is 15.0 Å². The topological polar surface area (TPSA) is 51.8 Å². The van der Waals surface area contributed by atoms with Crippen molar-refractivity contribution in [2.24, 2.45) is 0 Å². The number of nitrogens with zero attached hydrogens (tertiary/aromatic N) is 3. The number of hydrogen-bond donors (Lipinski definition) is 0. The predicted octanol–water partition coefficient (Wildman–Crippen LogP) is 8.44. The summed E-state index contributed by atoms with van der Waals surface area (Å²) in [5.41, 5.74) is 4.66. The van der Waals surface area contributed by atoms with E-state index in [0.717, 1.165) is 21.9 Å². The molecule has 7 rings (SSSR count). The highest BCUT2D eigenvalue weighted by Gasteiger charge is 2.19. The number of benzene rings is 5. The van der Waals surface area contributed by atoms with E-state index in [0.29, 0.717) is 33.9 Å². The minimum Gasteiger partial charge on any atom is -0.456 e. The van der Waals surface area contributed by atoms with Crippen LogP contribution in [0.1, 0.15) is 6.85 Å². The van der Waals surface area contributed by atoms with E-state index in [1.54, 1.807) is 0 Å². The third-order valence-corrected chi connectivity index (χ3v) is 6.24. The first-order valence-corrected chi connectivity index (χ1v) is 11.8. The van der Waals surface area contributed by atoms with Crippen LogP contribution in [0.3, 0.4) is 0 Å². The van der Waals surface area contributed by atoms with E-state index >= 15 is 0 Å². The zero-order chi connectivity index (χ0) is 29.0. The molecule has 4 heteroatoms. The molecule has 2 aromatic heterocycles. The molecule has 37 heavy (non-hydrogen) atoms. The molecular weight excluding hydrogens is 454 g/mol. The molecule has 0 saturated carbocycles. The van der Waals surface area contributed by atoms with E-state index < -0.39 is 18.1 Å². The lowest BCUT2D eigenvalue weighted by atomic mass is 9.97. The van der Waals surface area contributed by atoms with Crippen LogP contribution < -0.4 is 0 Å². The monoisotopic (exact) mass is 480 g/mol. The van der Waals surface area contributed by atoms with Crippen molar-refractivity contribution in [3.63, 3.8) is 0 Å². The SMILES string of the molecule is [2H]c1c([2H])c([2H])c(-c2nc(-c3ccccc3)nc(-c3cccc4oc5cccc(-c6ccccc6)c5c34)n2)c([2H])c1[2H]. The van der Waals surface area contributed by atoms with Crippen LogP contribution in [-0.4, -0.2) is 15.0 Å². The Morgan fingerprint density at radius 2 is 1.00 bits per heavy atom. The van der Waals surface area contributed by atoms with Gasteiger partial charge in [-0.2, -0.15) is 0 Å². The number of fused-ring (bicyclic) bond motifs is 3. The third kappa shape index (κ3) is 3.76. The third-order valence-electron chi connectivity index (χ3n) is 6.24. The quantitative estimate of drug-likeness (QED) is 0.254. The fraction of sp³-hybridized carbons (Fsp3) is 0. The second-order valence-electron chi connectivity index (χ2n) is 8.50. The van der Waals surface area contributed by atoms with Gasteiger partial charge in [0.1, 0.15) is 11.2 Å². The highest BCUT2D eigenvalue weighted by Crippen LogP contribution is 2.41. The Morgan fingerprint density at radius 3 is 1.68 bits per heavy atom. The molecular formula is C33H21N3O. The highest BCUT2D eigenvalue weighted by molar-refractivity contribution is 6.17. The van der Waals surface area contributed by atoms with Crippen molar-refractivity contribution in [3.8, 4) is 45.3 Å². The van der Waals surface area contributed by atoms with Gasteiger partial charge in [0.25, 0.3) is 0 Å². The van der Waals surface area contributed by atoms with Gasteiger partial charge in [0.15, 0.2) is 17.5 Å². The summed E-state index contributed by atoms with van der Waals surface area (Å²) in [5, 5.41) is 1.71. The van der Waals surface area contributed by atoms with Crippen LogP contribution in [0.15, 0.2) is 132 Å². The summed E-state index contributed by atoms with van der Waals surface area (Å²) in [6, 6.07) is 28.8. The van der Waals surface area contributed by atoms with Crippen LogP contribution in [0, 0.1) is 0 Å². The summed E-state index contributed by atoms with van der Waals surface area (Å²) in [4.78, 5) is 14.2. The molecule has 0 bridgehead atoms. The number of furan rings is 1. The van der Waals surface area contributed by atoms with E-state index in [1.165, 1.54) is 0 Å². The van der Waals surface area contributed by atoms with Gasteiger partial charge in [-0.1, -0.05) is 115 Å². The summed E-state index contributed by atoms with van der Waals surface area (Å²) >= 11 is 0. The second-order valence-corrected chi connectivity index (χ2v) is 8.50. The van der Waals surface area contributed by atoms with E-state index in [4.69, 9.17) is 21.2 Å². The van der Waals surface area contributed by atoms with Crippen LogP contribution in [0.25, 0.3) is 67.2 Å². The normalized spacial score (nSPS) is 13.1. The fourth-order valence-electron chi connectivity index (χ4n) is 4.60. The van der Waals surface area contributed by atoms with Crippen molar-refractivity contribution in [1.29, 1.82) is 0 Å². The Morgan fingerprint density at radius 1 is 0.459 bits per heavy atom. The molecule has 0 aliphatic carbocycles. The van der Waals surface area contributed by atoms with E-state index in [9.17, 15) is 0 Å². The molecule has 0 aliphatic rings. The van der Waals surface area contributed by atoms with Gasteiger partial charge in [0, 0.05) is 27.5 Å². The molecule has 4 nitrogen and oxygen atoms in total. The average Bonchev–Trinajstić information content (AvgIpc) is 3.43. The van der Waals surface area contributed by atoms with Crippen LogP contribution in [0.5, 0.6) is 0 Å². The molecule has 0 amide bonds. The first kappa shape index (κ1) is 16.6. The Hall–Kier alpha value is -5.09. The largest absolute Gasteiger partial charge is 0.456 e. The number of aromatic nitrogens is 3. The van der Waals surface area contributed by atoms with Gasteiger partial charge in [0.2, 0.25) is 0 Å². The summed E-state index contributed by atoms with van der Waals surface area (Å²) < 4.78 is 47.9. The molecule has 0 unspecified atom stereocenters. The first-order chi connectivity index (χ1) is 20.4. The minimum absolute atomic E-state index is 0.0102. The Labute approximate surface area is 221 Å². The molecule has 0 aliphatic heterocycles. The lowest BCUT2D eigenvalue weighted by molar-refractivity contribution is 0.669. The maximum atomic E-state index is 8.57. The summed E-state index contributed by atoms with van der Waals surface area (Å²) in [5.74, 6) is 0.598. The van der Waals surface area contributed by atoms with Crippen molar-refractivity contribution < 1.29 is 11.3 Å². The standard InChI is InChI=1S/C33H21N3O/c1-4-12-22(13-5-1)25-18-10-20-27-29(25)30-26(19-11-21-28(30)37-27)33-35-31(23-14-6-2-7-15-23)34-32(36-33)24-16-8-3-9-17-24/h1-21H/i2D,6D,7D,14D,15D. The molecule has 0 atom stereocenters. The molecule has 0 N–H and O–H groups in total. The van der Waals surface area contributed by atoms with Gasteiger partial charge in [-0.15, -0.1) is 0 Å². The molecule has 0 radical (unpaired) electrons. The van der Waals surface area contributed by atoms with Crippen molar-refractivity contribution in [1.82, 2.24) is 15.0 Å². The van der Waals surface area contributed by atoms with Gasteiger partial charge >= 0.3 is 0 Å². The number of hydrogen-bond acceptors (Lipinski definition) is 4. The molecule has 5 aromatic carbocycles. The molecule has 174 valence electrons. The summed E-state index contributed by atoms with van der Waals surface area (Å²) in [6.45, 7) is 0. The number of rotatable bonds is 4. The molecule has 0 spiro atoms. The van der Waals surface area contributed by atoms with Gasteiger partial charge in [-0.05, 0) is 23.3 Å². The lowest BCUT2D eigenvalue weighted by Gasteiger charge is -2.10. The minimum atomic E-state index is -0.477. The fourth-order valence-corrected chi connectivity index (χ4v) is 4.60. The van der Waals surface area contributed by atoms with Crippen LogP contribution in [0.4, 0.5) is 0 Å². The van der Waals surface area contributed by atoms with Crippen molar-refractivity contribution in [2.75, 3.05) is 0 Å². The van der Waals surface area contributed by atoms with E-state index in [2.05, 4.69) is 4.98 Å². The van der Waals surface area contributed by atoms with Crippen LogP contribution in [0.2, 0.25) is 0 Å². The van der Waals surface area contributed by atoms with E-state index in [1.807, 2.05) is 97.1 Å². The van der Waals surface area contributed by atoms with Gasteiger partial charge in [0.05, 0.1) is 6.85 Å². The second kappa shape index (κ2) is 8.85. The first-order valence-electron chi connectivity index (χ1n) is 14.3. The Balaban J connectivity index is 1.57. The summed E-state index contributed by atoms with van der Waals surface area (Å²) in [6.07, 6.45) is 0. The average molecular weight is 481 g/mol. The molecule has 2 heterocycles. The maximum Gasteiger partial charge on any atom is 0.164 e. The lowest BCUT2D eigenvalue weighted by Crippen LogP contribution is -2.00. The van der Waals surface area contributed by atoms with Crippen molar-refractivity contribution in [3.05, 3.63) is 127 Å². The zero-order valence-corrected chi connectivity index (χ0v) is 19.5. The predicted molar refractivity (Wildman–Crippen MR) is 149 cm³/mol. The van der Waals surface area contributed by atoms with Crippen molar-refractivity contribution >= 4 is 21.9 Å². The molecule has 0 saturated heterocycles.